The van der Waals surface area contributed by atoms with Gasteiger partial charge in [-0.2, -0.15) is 0 Å². The van der Waals surface area contributed by atoms with Gasteiger partial charge in [-0.15, -0.1) is 0 Å². The highest BCUT2D eigenvalue weighted by atomic mass is 16.5. The molecule has 0 saturated heterocycles. The first kappa shape index (κ1) is 11.9. The van der Waals surface area contributed by atoms with Crippen LogP contribution < -0.4 is 4.74 Å². The van der Waals surface area contributed by atoms with Crippen LogP contribution in [0.5, 0.6) is 5.75 Å². The molecule has 0 fully saturated rings. The Morgan fingerprint density at radius 3 is 2.28 bits per heavy atom. The van der Waals surface area contributed by atoms with Crippen molar-refractivity contribution < 1.29 is 19.4 Å². The van der Waals surface area contributed by atoms with Gasteiger partial charge in [0.1, 0.15) is 5.75 Å². The molecular weight excluding hydrogens is 234 g/mol. The maximum atomic E-state index is 12.0. The van der Waals surface area contributed by atoms with Gasteiger partial charge in [0, 0.05) is 18.0 Å². The first-order valence-electron chi connectivity index (χ1n) is 5.22. The van der Waals surface area contributed by atoms with E-state index in [0.717, 1.165) is 0 Å². The third-order valence-electron chi connectivity index (χ3n) is 2.51. The third-order valence-corrected chi connectivity index (χ3v) is 2.51. The predicted molar refractivity (Wildman–Crippen MR) is 64.1 cm³/mol. The maximum absolute atomic E-state index is 12.0. The number of carboxylic acids is 1. The molecule has 0 aliphatic carbocycles. The van der Waals surface area contributed by atoms with Crippen molar-refractivity contribution in [2.45, 2.75) is 0 Å². The molecule has 18 heavy (non-hydrogen) atoms. The van der Waals surface area contributed by atoms with Crippen LogP contribution in [-0.2, 0) is 0 Å². The molecule has 1 heterocycles. The summed E-state index contributed by atoms with van der Waals surface area (Å²) in [6.45, 7) is 0. The number of methoxy groups -OCH3 is 1. The Kier molecular flexibility index (Phi) is 3.14. The van der Waals surface area contributed by atoms with Gasteiger partial charge in [0.05, 0.1) is 12.7 Å². The van der Waals surface area contributed by atoms with E-state index in [1.54, 1.807) is 31.4 Å². The monoisotopic (exact) mass is 245 g/mol. The van der Waals surface area contributed by atoms with Gasteiger partial charge in [-0.3, -0.25) is 9.36 Å². The molecule has 0 unspecified atom stereocenters. The minimum absolute atomic E-state index is 0.0804. The van der Waals surface area contributed by atoms with Gasteiger partial charge in [0.2, 0.25) is 0 Å². The van der Waals surface area contributed by atoms with Gasteiger partial charge in [0.25, 0.3) is 5.91 Å². The summed E-state index contributed by atoms with van der Waals surface area (Å²) in [6, 6.07) is 7.98. The van der Waals surface area contributed by atoms with Gasteiger partial charge in [-0.1, -0.05) is 0 Å². The summed E-state index contributed by atoms with van der Waals surface area (Å²) in [5.74, 6) is -0.688. The molecule has 0 aliphatic rings. The van der Waals surface area contributed by atoms with E-state index in [4.69, 9.17) is 9.84 Å². The zero-order chi connectivity index (χ0) is 13.1. The van der Waals surface area contributed by atoms with E-state index in [1.165, 1.54) is 23.0 Å². The summed E-state index contributed by atoms with van der Waals surface area (Å²) < 4.78 is 6.24. The molecule has 0 saturated carbocycles. The van der Waals surface area contributed by atoms with E-state index in [2.05, 4.69) is 0 Å². The van der Waals surface area contributed by atoms with E-state index in [9.17, 15) is 9.59 Å². The van der Waals surface area contributed by atoms with Gasteiger partial charge in [-0.25, -0.2) is 4.79 Å². The smallest absolute Gasteiger partial charge is 0.337 e. The normalized spacial score (nSPS) is 10.1. The Hall–Kier alpha value is -2.56. The molecule has 0 aliphatic heterocycles. The van der Waals surface area contributed by atoms with Crippen molar-refractivity contribution in [3.8, 4) is 5.75 Å². The molecule has 0 spiro atoms. The largest absolute Gasteiger partial charge is 0.497 e. The summed E-state index contributed by atoms with van der Waals surface area (Å²) in [5.41, 5.74) is 0.542. The average Bonchev–Trinajstić information content (AvgIpc) is 2.88. The molecule has 0 radical (unpaired) electrons. The lowest BCUT2D eigenvalue weighted by atomic mass is 10.2. The topological polar surface area (TPSA) is 68.5 Å². The standard InChI is InChI=1S/C13H11NO4/c1-18-11-4-2-9(3-5-11)12(15)14-7-6-10(8-14)13(16)17/h2-8H,1H3,(H,16,17). The molecule has 5 nitrogen and oxygen atoms in total. The molecule has 0 atom stereocenters. The quantitative estimate of drug-likeness (QED) is 0.896. The van der Waals surface area contributed by atoms with Crippen LogP contribution in [0.4, 0.5) is 0 Å². The van der Waals surface area contributed by atoms with Gasteiger partial charge >= 0.3 is 5.97 Å². The lowest BCUT2D eigenvalue weighted by Crippen LogP contribution is -2.09. The van der Waals surface area contributed by atoms with Crippen molar-refractivity contribution >= 4 is 11.9 Å². The molecule has 1 aromatic heterocycles. The van der Waals surface area contributed by atoms with Crippen molar-refractivity contribution in [1.82, 2.24) is 4.57 Å². The second kappa shape index (κ2) is 4.75. The number of ether oxygens (including phenoxy) is 1. The Balaban J connectivity index is 2.26. The molecular formula is C13H11NO4. The highest BCUT2D eigenvalue weighted by molar-refractivity contribution is 5.97. The number of benzene rings is 1. The summed E-state index contributed by atoms with van der Waals surface area (Å²) in [5, 5.41) is 8.78. The number of nitrogens with zero attached hydrogens (tertiary/aromatic N) is 1. The maximum Gasteiger partial charge on any atom is 0.337 e. The fraction of sp³-hybridized carbons (Fsp3) is 0.0769. The molecule has 0 bridgehead atoms. The van der Waals surface area contributed by atoms with E-state index in [-0.39, 0.29) is 11.5 Å². The van der Waals surface area contributed by atoms with Crippen LogP contribution >= 0.6 is 0 Å². The fourth-order valence-corrected chi connectivity index (χ4v) is 1.53. The van der Waals surface area contributed by atoms with Crippen LogP contribution in [0.1, 0.15) is 20.7 Å². The summed E-state index contributed by atoms with van der Waals surface area (Å²) in [7, 11) is 1.54. The first-order valence-corrected chi connectivity index (χ1v) is 5.22. The third kappa shape index (κ3) is 2.24. The van der Waals surface area contributed by atoms with Crippen LogP contribution in [0, 0.1) is 0 Å². The Labute approximate surface area is 103 Å². The van der Waals surface area contributed by atoms with E-state index >= 15 is 0 Å². The first-order chi connectivity index (χ1) is 8.61. The minimum Gasteiger partial charge on any atom is -0.497 e. The molecule has 0 amide bonds. The number of carboxylic acid groups (broad SMARTS) is 1. The second-order valence-electron chi connectivity index (χ2n) is 3.65. The minimum atomic E-state index is -1.06. The zero-order valence-corrected chi connectivity index (χ0v) is 9.66. The number of rotatable bonds is 3. The molecule has 2 aromatic rings. The van der Waals surface area contributed by atoms with E-state index in [0.29, 0.717) is 11.3 Å². The van der Waals surface area contributed by atoms with Crippen molar-refractivity contribution in [3.05, 3.63) is 53.9 Å². The van der Waals surface area contributed by atoms with Crippen LogP contribution in [0.25, 0.3) is 0 Å². The Morgan fingerprint density at radius 1 is 1.11 bits per heavy atom. The van der Waals surface area contributed by atoms with Crippen molar-refractivity contribution in [1.29, 1.82) is 0 Å². The van der Waals surface area contributed by atoms with Gasteiger partial charge in [0.15, 0.2) is 0 Å². The molecule has 1 N–H and O–H groups in total. The van der Waals surface area contributed by atoms with E-state index < -0.39 is 5.97 Å². The van der Waals surface area contributed by atoms with Crippen LogP contribution in [0.3, 0.4) is 0 Å². The van der Waals surface area contributed by atoms with Crippen LogP contribution in [-0.4, -0.2) is 28.7 Å². The number of aromatic carboxylic acids is 1. The Bertz CT molecular complexity index is 583. The zero-order valence-electron chi connectivity index (χ0n) is 9.66. The summed E-state index contributed by atoms with van der Waals surface area (Å²) in [4.78, 5) is 22.7. The molecule has 5 heteroatoms. The SMILES string of the molecule is COc1ccc(C(=O)n2ccc(C(=O)O)c2)cc1. The number of carbonyl (C=O) groups is 2. The van der Waals surface area contributed by atoms with Crippen molar-refractivity contribution in [3.63, 3.8) is 0 Å². The van der Waals surface area contributed by atoms with E-state index in [1.807, 2.05) is 0 Å². The highest BCUT2D eigenvalue weighted by Crippen LogP contribution is 2.13. The number of aromatic nitrogens is 1. The van der Waals surface area contributed by atoms with Crippen molar-refractivity contribution in [2.75, 3.05) is 7.11 Å². The molecule has 1 aromatic carbocycles. The van der Waals surface area contributed by atoms with Crippen LogP contribution in [0.15, 0.2) is 42.7 Å². The summed E-state index contributed by atoms with van der Waals surface area (Å²) in [6.07, 6.45) is 2.71. The number of carbonyl (C=O) groups excluding carboxylic acids is 1. The Morgan fingerprint density at radius 2 is 1.78 bits per heavy atom. The average molecular weight is 245 g/mol. The second-order valence-corrected chi connectivity index (χ2v) is 3.65. The lowest BCUT2D eigenvalue weighted by molar-refractivity contribution is 0.0697. The highest BCUT2D eigenvalue weighted by Gasteiger charge is 2.11. The number of hydrogen-bond donors (Lipinski definition) is 1. The molecule has 2 rings (SSSR count). The predicted octanol–water partition coefficient (Wildman–Crippen LogP) is 1.88. The fourth-order valence-electron chi connectivity index (χ4n) is 1.53. The van der Waals surface area contributed by atoms with Crippen molar-refractivity contribution in [2.24, 2.45) is 0 Å². The lowest BCUT2D eigenvalue weighted by Gasteiger charge is -2.03. The molecule has 92 valence electrons. The number of hydrogen-bond acceptors (Lipinski definition) is 3. The van der Waals surface area contributed by atoms with Gasteiger partial charge in [-0.05, 0) is 30.3 Å². The van der Waals surface area contributed by atoms with Gasteiger partial charge < -0.3 is 9.84 Å². The van der Waals surface area contributed by atoms with Crippen LogP contribution in [0.2, 0.25) is 0 Å². The summed E-state index contributed by atoms with van der Waals surface area (Å²) >= 11 is 0.